The normalized spacial score (nSPS) is 12.0. The molecule has 0 heterocycles. The number of benzene rings is 1. The lowest BCUT2D eigenvalue weighted by atomic mass is 9.94. The molecule has 1 aromatic rings. The van der Waals surface area contributed by atoms with Gasteiger partial charge in [-0.25, -0.2) is 19.6 Å². The Morgan fingerprint density at radius 3 is 2.48 bits per heavy atom. The van der Waals surface area contributed by atoms with Crippen LogP contribution >= 0.6 is 11.6 Å². The van der Waals surface area contributed by atoms with E-state index in [-0.39, 0.29) is 17.1 Å². The fourth-order valence-corrected chi connectivity index (χ4v) is 2.12. The second-order valence-corrected chi connectivity index (χ2v) is 7.00. The molecule has 0 saturated heterocycles. The lowest BCUT2D eigenvalue weighted by Crippen LogP contribution is -2.54. The van der Waals surface area contributed by atoms with Crippen LogP contribution in [0.1, 0.15) is 40.2 Å². The number of nitrogens with one attached hydrogen (secondary N) is 1. The van der Waals surface area contributed by atoms with Gasteiger partial charge in [0, 0.05) is 5.56 Å². The van der Waals surface area contributed by atoms with E-state index in [9.17, 15) is 14.0 Å². The van der Waals surface area contributed by atoms with Crippen molar-refractivity contribution in [1.82, 2.24) is 10.4 Å². The van der Waals surface area contributed by atoms with Crippen LogP contribution in [0.25, 0.3) is 0 Å². The maximum atomic E-state index is 14.2. The highest BCUT2D eigenvalue weighted by Gasteiger charge is 2.31. The number of aldehydes is 1. The van der Waals surface area contributed by atoms with E-state index < -0.39 is 23.1 Å². The van der Waals surface area contributed by atoms with Crippen LogP contribution in [-0.2, 0) is 15.1 Å². The molecule has 0 aromatic heterocycles. The number of nitrogens with zero attached hydrogens (tertiary/aromatic N) is 1. The topological polar surface area (TPSA) is 58.6 Å². The Kier molecular flexibility index (Phi) is 6.13. The summed E-state index contributed by atoms with van der Waals surface area (Å²) in [7, 11) is 0. The number of amides is 1. The Morgan fingerprint density at radius 2 is 1.96 bits per heavy atom. The van der Waals surface area contributed by atoms with Gasteiger partial charge in [0.2, 0.25) is 0 Å². The van der Waals surface area contributed by atoms with Gasteiger partial charge in [0.1, 0.15) is 17.7 Å². The van der Waals surface area contributed by atoms with E-state index in [2.05, 4.69) is 5.43 Å². The third-order valence-electron chi connectivity index (χ3n) is 2.91. The second kappa shape index (κ2) is 7.27. The van der Waals surface area contributed by atoms with Gasteiger partial charge >= 0.3 is 6.09 Å². The largest absolute Gasteiger partial charge is 0.443 e. The van der Waals surface area contributed by atoms with E-state index in [0.717, 1.165) is 5.01 Å². The smallest absolute Gasteiger partial charge is 0.425 e. The molecule has 7 heteroatoms. The highest BCUT2D eigenvalue weighted by atomic mass is 35.5. The Labute approximate surface area is 140 Å². The van der Waals surface area contributed by atoms with Crippen LogP contribution in [0.5, 0.6) is 0 Å². The van der Waals surface area contributed by atoms with E-state index in [4.69, 9.17) is 16.3 Å². The van der Waals surface area contributed by atoms with Gasteiger partial charge in [-0.15, -0.1) is 0 Å². The predicted molar refractivity (Wildman–Crippen MR) is 86.6 cm³/mol. The van der Waals surface area contributed by atoms with Crippen LogP contribution < -0.4 is 5.43 Å². The van der Waals surface area contributed by atoms with Crippen molar-refractivity contribution >= 4 is 24.0 Å². The average molecular weight is 345 g/mol. The lowest BCUT2D eigenvalue weighted by Gasteiger charge is -2.35. The quantitative estimate of drug-likeness (QED) is 0.654. The summed E-state index contributed by atoms with van der Waals surface area (Å²) >= 11 is 5.80. The van der Waals surface area contributed by atoms with Crippen molar-refractivity contribution in [2.24, 2.45) is 0 Å². The van der Waals surface area contributed by atoms with Crippen LogP contribution in [0.4, 0.5) is 9.18 Å². The summed E-state index contributed by atoms with van der Waals surface area (Å²) in [6.45, 7) is 8.25. The highest BCUT2D eigenvalue weighted by molar-refractivity contribution is 6.30. The Morgan fingerprint density at radius 1 is 1.35 bits per heavy atom. The van der Waals surface area contributed by atoms with Crippen LogP contribution in [0.2, 0.25) is 5.02 Å². The van der Waals surface area contributed by atoms with E-state index in [1.54, 1.807) is 46.8 Å². The number of rotatable bonds is 5. The molecule has 23 heavy (non-hydrogen) atoms. The number of hydrogen-bond acceptors (Lipinski definition) is 4. The SMILES string of the molecule is CC(C)(C)OC(=O)N(CC=O)NC(C)(C)c1cccc(Cl)c1F. The van der Waals surface area contributed by atoms with Gasteiger partial charge in [0.05, 0.1) is 17.1 Å². The predicted octanol–water partition coefficient (Wildman–Crippen LogP) is 3.65. The number of carbonyl (C=O) groups is 2. The molecule has 1 rings (SSSR count). The molecule has 0 aliphatic rings. The Hall–Kier alpha value is -1.66. The van der Waals surface area contributed by atoms with E-state index in [0.29, 0.717) is 6.29 Å². The Balaban J connectivity index is 3.04. The summed E-state index contributed by atoms with van der Waals surface area (Å²) in [6, 6.07) is 4.61. The van der Waals surface area contributed by atoms with Crippen molar-refractivity contribution in [3.63, 3.8) is 0 Å². The molecule has 1 amide bonds. The fourth-order valence-electron chi connectivity index (χ4n) is 1.94. The molecular formula is C16H22ClFN2O3. The van der Waals surface area contributed by atoms with Gasteiger partial charge in [-0.05, 0) is 40.7 Å². The Bertz CT molecular complexity index is 585. The molecule has 0 saturated carbocycles. The molecule has 0 aliphatic heterocycles. The third kappa shape index (κ3) is 5.48. The maximum Gasteiger partial charge on any atom is 0.425 e. The molecule has 1 aromatic carbocycles. The molecule has 0 aliphatic carbocycles. The van der Waals surface area contributed by atoms with E-state index in [1.807, 2.05) is 0 Å². The zero-order valence-corrected chi connectivity index (χ0v) is 14.7. The standard InChI is InChI=1S/C16H22ClFN2O3/c1-15(2,3)23-14(22)20(9-10-21)19-16(4,5)11-7-6-8-12(17)13(11)18/h6-8,10,19H,9H2,1-5H3. The van der Waals surface area contributed by atoms with Gasteiger partial charge < -0.3 is 9.53 Å². The number of hydrogen-bond donors (Lipinski definition) is 1. The molecule has 0 bridgehead atoms. The van der Waals surface area contributed by atoms with Crippen molar-refractivity contribution in [3.8, 4) is 0 Å². The monoisotopic (exact) mass is 344 g/mol. The fraction of sp³-hybridized carbons (Fsp3) is 0.500. The van der Waals surface area contributed by atoms with Gasteiger partial charge in [-0.2, -0.15) is 0 Å². The molecule has 0 fully saturated rings. The summed E-state index contributed by atoms with van der Waals surface area (Å²) in [5.74, 6) is -0.582. The van der Waals surface area contributed by atoms with Gasteiger partial charge in [-0.1, -0.05) is 23.7 Å². The highest BCUT2D eigenvalue weighted by Crippen LogP contribution is 2.28. The molecule has 0 unspecified atom stereocenters. The molecule has 0 spiro atoms. The van der Waals surface area contributed by atoms with Crippen molar-refractivity contribution in [3.05, 3.63) is 34.6 Å². The zero-order valence-electron chi connectivity index (χ0n) is 13.9. The molecule has 0 radical (unpaired) electrons. The number of halogens is 2. The molecular weight excluding hydrogens is 323 g/mol. The first kappa shape index (κ1) is 19.4. The minimum Gasteiger partial charge on any atom is -0.443 e. The van der Waals surface area contributed by atoms with Crippen molar-refractivity contribution in [1.29, 1.82) is 0 Å². The summed E-state index contributed by atoms with van der Waals surface area (Å²) < 4.78 is 19.5. The van der Waals surface area contributed by atoms with Crippen LogP contribution in [0.15, 0.2) is 18.2 Å². The summed E-state index contributed by atoms with van der Waals surface area (Å²) in [5.41, 5.74) is 1.39. The third-order valence-corrected chi connectivity index (χ3v) is 3.20. The van der Waals surface area contributed by atoms with E-state index in [1.165, 1.54) is 6.07 Å². The molecule has 128 valence electrons. The summed E-state index contributed by atoms with van der Waals surface area (Å²) in [6.07, 6.45) is -0.165. The minimum atomic E-state index is -0.991. The minimum absolute atomic E-state index is 0.0171. The van der Waals surface area contributed by atoms with Crippen LogP contribution in [0, 0.1) is 5.82 Å². The summed E-state index contributed by atoms with van der Waals surface area (Å²) in [5, 5.41) is 0.995. The molecule has 1 N–H and O–H groups in total. The molecule has 0 atom stereocenters. The first-order valence-electron chi connectivity index (χ1n) is 7.14. The lowest BCUT2D eigenvalue weighted by molar-refractivity contribution is -0.110. The van der Waals surface area contributed by atoms with Gasteiger partial charge in [-0.3, -0.25) is 0 Å². The second-order valence-electron chi connectivity index (χ2n) is 6.60. The van der Waals surface area contributed by atoms with Crippen LogP contribution in [-0.4, -0.2) is 29.5 Å². The van der Waals surface area contributed by atoms with Crippen LogP contribution in [0.3, 0.4) is 0 Å². The van der Waals surface area contributed by atoms with Crippen molar-refractivity contribution < 1.29 is 18.7 Å². The maximum absolute atomic E-state index is 14.2. The number of carbonyl (C=O) groups excluding carboxylic acids is 2. The zero-order chi connectivity index (χ0) is 17.8. The van der Waals surface area contributed by atoms with Crippen molar-refractivity contribution in [2.45, 2.75) is 45.8 Å². The first-order chi connectivity index (χ1) is 10.5. The van der Waals surface area contributed by atoms with E-state index >= 15 is 0 Å². The van der Waals surface area contributed by atoms with Gasteiger partial charge in [0.25, 0.3) is 0 Å². The van der Waals surface area contributed by atoms with Gasteiger partial charge in [0.15, 0.2) is 0 Å². The average Bonchev–Trinajstić information content (AvgIpc) is 2.39. The number of ether oxygens (including phenoxy) is 1. The molecule has 5 nitrogen and oxygen atoms in total. The van der Waals surface area contributed by atoms with Crippen molar-refractivity contribution in [2.75, 3.05) is 6.54 Å². The first-order valence-corrected chi connectivity index (χ1v) is 7.52. The summed E-state index contributed by atoms with van der Waals surface area (Å²) in [4.78, 5) is 23.0. The number of hydrazine groups is 1.